The van der Waals surface area contributed by atoms with E-state index in [2.05, 4.69) is 6.58 Å². The minimum absolute atomic E-state index is 0.764. The summed E-state index contributed by atoms with van der Waals surface area (Å²) in [5.74, 6) is 0. The first-order chi connectivity index (χ1) is 6.02. The molecule has 4 heteroatoms. The molecule has 0 rings (SSSR count). The van der Waals surface area contributed by atoms with Crippen LogP contribution in [0.1, 0.15) is 34.6 Å². The molecule has 0 aromatic carbocycles. The number of rotatable bonds is 5. The summed E-state index contributed by atoms with van der Waals surface area (Å²) in [6.07, 6.45) is 1.37. The number of hydrogen-bond acceptors (Lipinski definition) is 3. The molecule has 0 aromatic rings. The Hall–Kier alpha value is -0.315. The van der Waals surface area contributed by atoms with Crippen LogP contribution in [0.2, 0.25) is 0 Å². The topological polar surface area (TPSA) is 49.7 Å². The van der Waals surface area contributed by atoms with Crippen LogP contribution in [-0.2, 0) is 4.65 Å². The Balaban J connectivity index is 4.33. The third-order valence-corrected chi connectivity index (χ3v) is 2.48. The van der Waals surface area contributed by atoms with Crippen molar-refractivity contribution in [3.63, 3.8) is 0 Å². The molecule has 0 amide bonds. The van der Waals surface area contributed by atoms with Crippen LogP contribution < -0.4 is 0 Å². The van der Waals surface area contributed by atoms with Crippen molar-refractivity contribution in [1.82, 2.24) is 0 Å². The zero-order valence-electron chi connectivity index (χ0n) is 9.66. The van der Waals surface area contributed by atoms with Gasteiger partial charge in [0.2, 0.25) is 0 Å². The van der Waals surface area contributed by atoms with Crippen LogP contribution in [0.25, 0.3) is 0 Å². The molecule has 0 aliphatic carbocycles. The predicted octanol–water partition coefficient (Wildman–Crippen LogP) is 1.07. The Labute approximate surface area is 87.1 Å². The lowest BCUT2D eigenvalue weighted by molar-refractivity contribution is -0.0942. The van der Waals surface area contributed by atoms with Gasteiger partial charge < -0.3 is 14.9 Å². The van der Waals surface area contributed by atoms with Crippen LogP contribution in [0.3, 0.4) is 0 Å². The zero-order chi connectivity index (χ0) is 11.6. The fourth-order valence-electron chi connectivity index (χ4n) is 0.459. The zero-order valence-corrected chi connectivity index (χ0v) is 9.66. The van der Waals surface area contributed by atoms with Gasteiger partial charge in [0.25, 0.3) is 0 Å². The first-order valence-corrected chi connectivity index (χ1v) is 4.62. The van der Waals surface area contributed by atoms with Crippen LogP contribution >= 0.6 is 0 Å². The fraction of sp³-hybridized carbons (Fsp3) is 0.800. The standard InChI is InChI=1S/C10H20BO3/c1-7-10(6,13)11-14-9(4,5)8(2,3)12/h7,12-13H,1H2,2-6H3. The molecule has 1 atom stereocenters. The molecule has 14 heavy (non-hydrogen) atoms. The Morgan fingerprint density at radius 3 is 1.86 bits per heavy atom. The molecule has 0 spiro atoms. The highest BCUT2D eigenvalue weighted by Gasteiger charge is 2.37. The first kappa shape index (κ1) is 13.7. The SMILES string of the molecule is C=CC(C)(O)[B]OC(C)(C)C(C)(C)O. The molecule has 0 aromatic heterocycles. The maximum absolute atomic E-state index is 9.76. The second kappa shape index (κ2) is 4.05. The highest BCUT2D eigenvalue weighted by atomic mass is 16.5. The Morgan fingerprint density at radius 2 is 1.57 bits per heavy atom. The molecule has 81 valence electrons. The Morgan fingerprint density at radius 1 is 1.14 bits per heavy atom. The second-order valence-corrected chi connectivity index (χ2v) is 4.73. The van der Waals surface area contributed by atoms with E-state index in [1.165, 1.54) is 13.6 Å². The molecule has 2 N–H and O–H groups in total. The van der Waals surface area contributed by atoms with Gasteiger partial charge >= 0.3 is 7.48 Å². The summed E-state index contributed by atoms with van der Waals surface area (Å²) in [5, 5.41) is 19.3. The van der Waals surface area contributed by atoms with E-state index in [4.69, 9.17) is 4.65 Å². The first-order valence-electron chi connectivity index (χ1n) is 4.62. The Kier molecular flexibility index (Phi) is 3.96. The number of hydrogen-bond donors (Lipinski definition) is 2. The van der Waals surface area contributed by atoms with Gasteiger partial charge in [-0.1, -0.05) is 6.08 Å². The predicted molar refractivity (Wildman–Crippen MR) is 58.0 cm³/mol. The van der Waals surface area contributed by atoms with E-state index in [1.807, 2.05) is 0 Å². The van der Waals surface area contributed by atoms with E-state index in [-0.39, 0.29) is 0 Å². The van der Waals surface area contributed by atoms with Crippen molar-refractivity contribution >= 4 is 7.48 Å². The van der Waals surface area contributed by atoms with Crippen LogP contribution in [0, 0.1) is 0 Å². The van der Waals surface area contributed by atoms with Crippen molar-refractivity contribution in [2.45, 2.75) is 51.3 Å². The summed E-state index contributed by atoms with van der Waals surface area (Å²) in [6.45, 7) is 11.8. The lowest BCUT2D eigenvalue weighted by Gasteiger charge is -2.38. The molecule has 0 heterocycles. The monoisotopic (exact) mass is 199 g/mol. The van der Waals surface area contributed by atoms with Crippen LogP contribution in [0.5, 0.6) is 0 Å². The third-order valence-electron chi connectivity index (χ3n) is 2.48. The fourth-order valence-corrected chi connectivity index (χ4v) is 0.459. The third kappa shape index (κ3) is 3.82. The summed E-state index contributed by atoms with van der Waals surface area (Å²) in [7, 11) is 1.28. The van der Waals surface area contributed by atoms with Gasteiger partial charge in [0, 0.05) is 0 Å². The van der Waals surface area contributed by atoms with Gasteiger partial charge in [-0.05, 0) is 34.6 Å². The van der Waals surface area contributed by atoms with Gasteiger partial charge in [-0.2, -0.15) is 0 Å². The van der Waals surface area contributed by atoms with Crippen LogP contribution in [-0.4, -0.2) is 34.4 Å². The summed E-state index contributed by atoms with van der Waals surface area (Å²) < 4.78 is 5.35. The van der Waals surface area contributed by atoms with Crippen molar-refractivity contribution in [3.05, 3.63) is 12.7 Å². The molecule has 0 aliphatic rings. The highest BCUT2D eigenvalue weighted by molar-refractivity contribution is 6.32. The van der Waals surface area contributed by atoms with Crippen LogP contribution in [0.15, 0.2) is 12.7 Å². The second-order valence-electron chi connectivity index (χ2n) is 4.73. The van der Waals surface area contributed by atoms with Crippen molar-refractivity contribution in [1.29, 1.82) is 0 Å². The largest absolute Gasteiger partial charge is 0.429 e. The summed E-state index contributed by atoms with van der Waals surface area (Å²) in [4.78, 5) is 0. The smallest absolute Gasteiger partial charge is 0.333 e. The average molecular weight is 199 g/mol. The lowest BCUT2D eigenvalue weighted by Crippen LogP contribution is -2.50. The van der Waals surface area contributed by atoms with Gasteiger partial charge in [-0.15, -0.1) is 6.58 Å². The molecular weight excluding hydrogens is 179 g/mol. The molecule has 0 fully saturated rings. The summed E-state index contributed by atoms with van der Waals surface area (Å²) in [5.41, 5.74) is -2.93. The van der Waals surface area contributed by atoms with Gasteiger partial charge in [-0.3, -0.25) is 0 Å². The van der Waals surface area contributed by atoms with Crippen molar-refractivity contribution in [3.8, 4) is 0 Å². The minimum Gasteiger partial charge on any atom is -0.429 e. The van der Waals surface area contributed by atoms with E-state index >= 15 is 0 Å². The van der Waals surface area contributed by atoms with Crippen molar-refractivity contribution in [2.75, 3.05) is 0 Å². The van der Waals surface area contributed by atoms with E-state index in [9.17, 15) is 10.2 Å². The van der Waals surface area contributed by atoms with Gasteiger partial charge in [0.05, 0.1) is 16.7 Å². The molecule has 0 aliphatic heterocycles. The van der Waals surface area contributed by atoms with E-state index < -0.39 is 16.7 Å². The van der Waals surface area contributed by atoms with Crippen molar-refractivity contribution < 1.29 is 14.9 Å². The van der Waals surface area contributed by atoms with Gasteiger partial charge in [0.15, 0.2) is 0 Å². The summed E-state index contributed by atoms with van der Waals surface area (Å²) >= 11 is 0. The molecule has 0 saturated heterocycles. The average Bonchev–Trinajstić information content (AvgIpc) is 1.99. The molecule has 3 nitrogen and oxygen atoms in total. The maximum atomic E-state index is 9.76. The summed E-state index contributed by atoms with van der Waals surface area (Å²) in [6, 6.07) is 0. The van der Waals surface area contributed by atoms with Crippen molar-refractivity contribution in [2.24, 2.45) is 0 Å². The van der Waals surface area contributed by atoms with Crippen LogP contribution in [0.4, 0.5) is 0 Å². The highest BCUT2D eigenvalue weighted by Crippen LogP contribution is 2.25. The van der Waals surface area contributed by atoms with Gasteiger partial charge in [-0.25, -0.2) is 0 Å². The van der Waals surface area contributed by atoms with Gasteiger partial charge in [0.1, 0.15) is 0 Å². The lowest BCUT2D eigenvalue weighted by atomic mass is 9.74. The number of aliphatic hydroxyl groups is 2. The molecule has 0 bridgehead atoms. The molecule has 0 saturated carbocycles. The Bertz CT molecular complexity index is 204. The quantitative estimate of drug-likeness (QED) is 0.514. The minimum atomic E-state index is -1.18. The molecular formula is C10H20BO3. The molecule has 1 unspecified atom stereocenters. The van der Waals surface area contributed by atoms with E-state index in [1.54, 1.807) is 34.6 Å². The molecule has 1 radical (unpaired) electrons. The van der Waals surface area contributed by atoms with E-state index in [0.29, 0.717) is 0 Å². The van der Waals surface area contributed by atoms with E-state index in [0.717, 1.165) is 0 Å². The maximum Gasteiger partial charge on any atom is 0.333 e. The normalized spacial score (nSPS) is 17.4.